The van der Waals surface area contributed by atoms with Crippen LogP contribution in [0.5, 0.6) is 5.75 Å². The van der Waals surface area contributed by atoms with Crippen molar-refractivity contribution in [3.05, 3.63) is 59.2 Å². The van der Waals surface area contributed by atoms with Crippen LogP contribution >= 0.6 is 0 Å². The van der Waals surface area contributed by atoms with Gasteiger partial charge >= 0.3 is 0 Å². The molecule has 3 heterocycles. The van der Waals surface area contributed by atoms with Crippen LogP contribution in [0.3, 0.4) is 0 Å². The number of carbonyl (C=O) groups is 2. The minimum atomic E-state index is -0.656. The summed E-state index contributed by atoms with van der Waals surface area (Å²) < 4.78 is 19.9. The quantitative estimate of drug-likeness (QED) is 0.799. The fourth-order valence-electron chi connectivity index (χ4n) is 3.23. The van der Waals surface area contributed by atoms with Crippen LogP contribution in [0.15, 0.2) is 36.5 Å². The summed E-state index contributed by atoms with van der Waals surface area (Å²) in [7, 11) is 1.55. The Morgan fingerprint density at radius 2 is 2.23 bits per heavy atom. The smallest absolute Gasteiger partial charge is 0.269 e. The van der Waals surface area contributed by atoms with Crippen molar-refractivity contribution in [1.29, 1.82) is 0 Å². The highest BCUT2D eigenvalue weighted by Crippen LogP contribution is 2.33. The number of fused-ring (bicyclic) bond motifs is 1. The molecule has 0 radical (unpaired) electrons. The summed E-state index contributed by atoms with van der Waals surface area (Å²) >= 11 is 0. The average Bonchev–Trinajstić information content (AvgIpc) is 2.76. The molecular weight excluding hydrogens is 391 g/mol. The van der Waals surface area contributed by atoms with Gasteiger partial charge in [0.2, 0.25) is 0 Å². The summed E-state index contributed by atoms with van der Waals surface area (Å²) in [5.41, 5.74) is 2.97. The van der Waals surface area contributed by atoms with E-state index in [4.69, 9.17) is 9.57 Å². The van der Waals surface area contributed by atoms with Gasteiger partial charge in [-0.2, -0.15) is 5.06 Å². The first-order valence-electron chi connectivity index (χ1n) is 9.50. The molecule has 2 N–H and O–H groups in total. The highest BCUT2D eigenvalue weighted by Gasteiger charge is 2.26. The van der Waals surface area contributed by atoms with Gasteiger partial charge in [-0.25, -0.2) is 4.39 Å². The predicted molar refractivity (Wildman–Crippen MR) is 107 cm³/mol. The molecule has 1 unspecified atom stereocenters. The molecule has 4 rings (SSSR count). The molecule has 2 amide bonds. The van der Waals surface area contributed by atoms with Crippen LogP contribution in [0.25, 0.3) is 5.57 Å². The van der Waals surface area contributed by atoms with Gasteiger partial charge in [-0.15, -0.1) is 0 Å². The molecule has 0 saturated carbocycles. The molecule has 8 nitrogen and oxygen atoms in total. The second-order valence-corrected chi connectivity index (χ2v) is 7.03. The number of nitrogens with one attached hydrogen (secondary N) is 2. The Bertz CT molecular complexity index is 1020. The van der Waals surface area contributed by atoms with Gasteiger partial charge in [0.1, 0.15) is 17.3 Å². The van der Waals surface area contributed by atoms with Crippen molar-refractivity contribution in [3.8, 4) is 5.75 Å². The van der Waals surface area contributed by atoms with Crippen molar-refractivity contribution in [3.63, 3.8) is 0 Å². The molecule has 2 aromatic rings. The van der Waals surface area contributed by atoms with E-state index in [0.717, 1.165) is 11.1 Å². The van der Waals surface area contributed by atoms with Gasteiger partial charge in [-0.05, 0) is 30.2 Å². The van der Waals surface area contributed by atoms with E-state index in [9.17, 15) is 14.0 Å². The standard InChI is InChI=1S/C21H21FN4O4/c1-12-20(27)25-18-7-15(16(22)8-19(18)30-12)10-26-6-5-14(11-29-26)13-3-4-17(24-9-13)21(28)23-2/h3-5,7-9,12H,6,10-11H2,1-2H3,(H,23,28)(H,25,27). The Hall–Kier alpha value is -3.30. The van der Waals surface area contributed by atoms with Gasteiger partial charge in [0, 0.05) is 31.4 Å². The number of hydrogen-bond acceptors (Lipinski definition) is 6. The van der Waals surface area contributed by atoms with Gasteiger partial charge in [0.15, 0.2) is 6.10 Å². The second-order valence-electron chi connectivity index (χ2n) is 7.03. The number of halogens is 1. The Labute approximate surface area is 172 Å². The minimum absolute atomic E-state index is 0.210. The highest BCUT2D eigenvalue weighted by atomic mass is 19.1. The SMILES string of the molecule is CNC(=O)c1ccc(C2=CCN(Cc3cc4c(cc3F)OC(C)C(=O)N4)OC2)cn1. The number of anilines is 1. The summed E-state index contributed by atoms with van der Waals surface area (Å²) in [6.45, 7) is 2.56. The van der Waals surface area contributed by atoms with E-state index >= 15 is 0 Å². The van der Waals surface area contributed by atoms with Crippen LogP contribution in [0.1, 0.15) is 28.5 Å². The molecule has 0 aliphatic carbocycles. The van der Waals surface area contributed by atoms with Gasteiger partial charge in [-0.3, -0.25) is 19.4 Å². The molecule has 0 fully saturated rings. The zero-order chi connectivity index (χ0) is 21.3. The van der Waals surface area contributed by atoms with Crippen LogP contribution in [-0.2, 0) is 16.2 Å². The lowest BCUT2D eigenvalue weighted by Crippen LogP contribution is -2.34. The molecule has 9 heteroatoms. The predicted octanol–water partition coefficient (Wildman–Crippen LogP) is 2.13. The van der Waals surface area contributed by atoms with E-state index in [1.807, 2.05) is 12.1 Å². The fraction of sp³-hybridized carbons (Fsp3) is 0.286. The molecule has 1 aromatic carbocycles. The lowest BCUT2D eigenvalue weighted by molar-refractivity contribution is -0.151. The van der Waals surface area contributed by atoms with Gasteiger partial charge in [-0.1, -0.05) is 12.1 Å². The van der Waals surface area contributed by atoms with E-state index in [1.54, 1.807) is 37.4 Å². The topological polar surface area (TPSA) is 92.8 Å². The largest absolute Gasteiger partial charge is 0.479 e. The molecular formula is C21H21FN4O4. The molecule has 0 spiro atoms. The highest BCUT2D eigenvalue weighted by molar-refractivity contribution is 5.97. The summed E-state index contributed by atoms with van der Waals surface area (Å²) in [6.07, 6.45) is 2.95. The fourth-order valence-corrected chi connectivity index (χ4v) is 3.23. The lowest BCUT2D eigenvalue weighted by atomic mass is 10.1. The molecule has 30 heavy (non-hydrogen) atoms. The monoisotopic (exact) mass is 412 g/mol. The van der Waals surface area contributed by atoms with Crippen LogP contribution in [0, 0.1) is 5.82 Å². The number of hydroxylamine groups is 2. The van der Waals surface area contributed by atoms with Crippen molar-refractivity contribution in [2.24, 2.45) is 0 Å². The molecule has 2 aliphatic rings. The minimum Gasteiger partial charge on any atom is -0.479 e. The van der Waals surface area contributed by atoms with Crippen LogP contribution in [-0.4, -0.2) is 48.2 Å². The van der Waals surface area contributed by atoms with Crippen LogP contribution in [0.2, 0.25) is 0 Å². The van der Waals surface area contributed by atoms with Crippen molar-refractivity contribution >= 4 is 23.1 Å². The zero-order valence-electron chi connectivity index (χ0n) is 16.6. The maximum absolute atomic E-state index is 14.5. The number of rotatable bonds is 4. The van der Waals surface area contributed by atoms with Crippen LogP contribution in [0.4, 0.5) is 10.1 Å². The third kappa shape index (κ3) is 4.03. The normalized spacial score (nSPS) is 18.7. The van der Waals surface area contributed by atoms with Crippen LogP contribution < -0.4 is 15.4 Å². The van der Waals surface area contributed by atoms with Gasteiger partial charge < -0.3 is 15.4 Å². The number of benzene rings is 1. The van der Waals surface area contributed by atoms with E-state index in [2.05, 4.69) is 15.6 Å². The average molecular weight is 412 g/mol. The number of amides is 2. The third-order valence-corrected chi connectivity index (χ3v) is 4.96. The van der Waals surface area contributed by atoms with Crippen molar-refractivity contribution in [1.82, 2.24) is 15.4 Å². The Balaban J connectivity index is 1.43. The summed E-state index contributed by atoms with van der Waals surface area (Å²) in [4.78, 5) is 33.3. The molecule has 0 saturated heterocycles. The Morgan fingerprint density at radius 3 is 2.90 bits per heavy atom. The summed E-state index contributed by atoms with van der Waals surface area (Å²) in [6, 6.07) is 6.32. The number of nitrogens with zero attached hydrogens (tertiary/aromatic N) is 2. The first kappa shape index (κ1) is 20.0. The maximum Gasteiger partial charge on any atom is 0.269 e. The first-order chi connectivity index (χ1) is 14.4. The molecule has 2 aliphatic heterocycles. The molecule has 1 atom stereocenters. The first-order valence-corrected chi connectivity index (χ1v) is 9.50. The van der Waals surface area contributed by atoms with E-state index in [-0.39, 0.29) is 18.4 Å². The number of ether oxygens (including phenoxy) is 1. The van der Waals surface area contributed by atoms with Crippen molar-refractivity contribution in [2.45, 2.75) is 19.6 Å². The molecule has 156 valence electrons. The lowest BCUT2D eigenvalue weighted by Gasteiger charge is -2.27. The zero-order valence-corrected chi connectivity index (χ0v) is 16.6. The molecule has 0 bridgehead atoms. The van der Waals surface area contributed by atoms with Gasteiger partial charge in [0.05, 0.1) is 18.8 Å². The summed E-state index contributed by atoms with van der Waals surface area (Å²) in [5, 5.41) is 6.88. The maximum atomic E-state index is 14.5. The van der Waals surface area contributed by atoms with E-state index in [0.29, 0.717) is 35.8 Å². The van der Waals surface area contributed by atoms with E-state index in [1.165, 1.54) is 6.07 Å². The Morgan fingerprint density at radius 1 is 1.40 bits per heavy atom. The van der Waals surface area contributed by atoms with E-state index < -0.39 is 11.9 Å². The second kappa shape index (κ2) is 8.21. The summed E-state index contributed by atoms with van der Waals surface area (Å²) in [5.74, 6) is -0.620. The number of carbonyl (C=O) groups excluding carboxylic acids is 2. The van der Waals surface area contributed by atoms with Crippen molar-refractivity contribution < 1.29 is 23.6 Å². The number of hydrogen-bond donors (Lipinski definition) is 2. The van der Waals surface area contributed by atoms with Gasteiger partial charge in [0.25, 0.3) is 11.8 Å². The number of pyridine rings is 1. The third-order valence-electron chi connectivity index (χ3n) is 4.96. The Kier molecular flexibility index (Phi) is 5.47. The number of aromatic nitrogens is 1. The van der Waals surface area contributed by atoms with Crippen molar-refractivity contribution in [2.75, 3.05) is 25.5 Å². The molecule has 1 aromatic heterocycles.